The van der Waals surface area contributed by atoms with E-state index in [1.165, 1.54) is 0 Å². The van der Waals surface area contributed by atoms with Crippen molar-refractivity contribution in [1.29, 1.82) is 0 Å². The maximum Gasteiger partial charge on any atom is 0.307 e. The molecule has 0 bridgehead atoms. The van der Waals surface area contributed by atoms with Crippen LogP contribution in [0.1, 0.15) is 23.6 Å². The number of carbonyl (C=O) groups is 1. The fourth-order valence-corrected chi connectivity index (χ4v) is 3.31. The highest BCUT2D eigenvalue weighted by Crippen LogP contribution is 2.49. The number of rotatable bonds is 11. The number of allylic oxidation sites excluding steroid dienone is 1. The molecule has 0 saturated heterocycles. The molecule has 0 spiro atoms. The number of hydrogen-bond acceptors (Lipinski definition) is 6. The van der Waals surface area contributed by atoms with Gasteiger partial charge in [0.1, 0.15) is 12.4 Å². The van der Waals surface area contributed by atoms with Crippen molar-refractivity contribution < 1.29 is 33.6 Å². The van der Waals surface area contributed by atoms with Gasteiger partial charge in [-0.15, -0.1) is 0 Å². The fourth-order valence-electron chi connectivity index (χ4n) is 3.31. The minimum absolute atomic E-state index is 0.00478. The highest BCUT2D eigenvalue weighted by molar-refractivity contribution is 5.70. The largest absolute Gasteiger partial charge is 0.492 e. The molecule has 0 amide bonds. The molecular formula is C24H30O7. The Morgan fingerprint density at radius 3 is 1.97 bits per heavy atom. The summed E-state index contributed by atoms with van der Waals surface area (Å²) in [5, 5.41) is 8.85. The predicted molar refractivity (Wildman–Crippen MR) is 118 cm³/mol. The van der Waals surface area contributed by atoms with Gasteiger partial charge in [-0.1, -0.05) is 18.2 Å². The molecule has 2 aromatic rings. The standard InChI is InChI=1S/C24H30O7/c1-15(14-31-18-10-8-17(9-11-18)13-20(25)26)7-12-19-16(2)21(27-3)23(29-5)24(30-6)22(19)28-4/h7-11H,12-14H2,1-6H3,(H,25,26). The molecule has 0 radical (unpaired) electrons. The third kappa shape index (κ3) is 5.84. The molecule has 0 aromatic heterocycles. The first-order valence-electron chi connectivity index (χ1n) is 9.80. The van der Waals surface area contributed by atoms with E-state index in [9.17, 15) is 4.79 Å². The third-order valence-corrected chi connectivity index (χ3v) is 4.90. The average Bonchev–Trinajstić information content (AvgIpc) is 2.76. The van der Waals surface area contributed by atoms with Gasteiger partial charge in [0.05, 0.1) is 34.9 Å². The van der Waals surface area contributed by atoms with Gasteiger partial charge in [-0.2, -0.15) is 0 Å². The van der Waals surface area contributed by atoms with Gasteiger partial charge < -0.3 is 28.8 Å². The normalized spacial score (nSPS) is 11.1. The second-order valence-corrected chi connectivity index (χ2v) is 6.99. The Labute approximate surface area is 183 Å². The fraction of sp³-hybridized carbons (Fsp3) is 0.375. The summed E-state index contributed by atoms with van der Waals surface area (Å²) in [4.78, 5) is 10.8. The van der Waals surface area contributed by atoms with Gasteiger partial charge in [-0.05, 0) is 43.5 Å². The Morgan fingerprint density at radius 1 is 0.903 bits per heavy atom. The van der Waals surface area contributed by atoms with E-state index in [2.05, 4.69) is 6.08 Å². The van der Waals surface area contributed by atoms with E-state index in [4.69, 9.17) is 28.8 Å². The Kier molecular flexibility index (Phi) is 8.61. The summed E-state index contributed by atoms with van der Waals surface area (Å²) in [6.07, 6.45) is 2.66. The zero-order valence-corrected chi connectivity index (χ0v) is 18.9. The van der Waals surface area contributed by atoms with E-state index in [1.807, 2.05) is 13.8 Å². The van der Waals surface area contributed by atoms with E-state index in [0.29, 0.717) is 41.8 Å². The van der Waals surface area contributed by atoms with Crippen LogP contribution in [0, 0.1) is 6.92 Å². The maximum absolute atomic E-state index is 10.8. The minimum Gasteiger partial charge on any atom is -0.492 e. The third-order valence-electron chi connectivity index (χ3n) is 4.90. The predicted octanol–water partition coefficient (Wildman–Crippen LogP) is 4.22. The lowest BCUT2D eigenvalue weighted by Crippen LogP contribution is -2.05. The van der Waals surface area contributed by atoms with Crippen molar-refractivity contribution in [3.8, 4) is 28.7 Å². The van der Waals surface area contributed by atoms with Crippen LogP contribution in [0.15, 0.2) is 35.9 Å². The van der Waals surface area contributed by atoms with Crippen LogP contribution in [0.3, 0.4) is 0 Å². The molecule has 0 aliphatic rings. The molecule has 0 saturated carbocycles. The molecule has 0 aliphatic carbocycles. The first kappa shape index (κ1) is 23.9. The molecule has 168 valence electrons. The van der Waals surface area contributed by atoms with E-state index in [-0.39, 0.29) is 6.42 Å². The van der Waals surface area contributed by atoms with E-state index < -0.39 is 5.97 Å². The van der Waals surface area contributed by atoms with Crippen LogP contribution < -0.4 is 23.7 Å². The number of methoxy groups -OCH3 is 4. The topological polar surface area (TPSA) is 83.5 Å². The number of benzene rings is 2. The van der Waals surface area contributed by atoms with E-state index in [1.54, 1.807) is 52.7 Å². The summed E-state index contributed by atoms with van der Waals surface area (Å²) in [5.41, 5.74) is 3.62. The summed E-state index contributed by atoms with van der Waals surface area (Å²) in [5.74, 6) is 2.04. The smallest absolute Gasteiger partial charge is 0.307 e. The second-order valence-electron chi connectivity index (χ2n) is 6.99. The Morgan fingerprint density at radius 2 is 1.45 bits per heavy atom. The lowest BCUT2D eigenvalue weighted by atomic mass is 10.00. The first-order valence-corrected chi connectivity index (χ1v) is 9.80. The van der Waals surface area contributed by atoms with Crippen molar-refractivity contribution in [3.05, 3.63) is 52.6 Å². The Balaban J connectivity index is 2.17. The molecule has 2 aromatic carbocycles. The monoisotopic (exact) mass is 430 g/mol. The summed E-state index contributed by atoms with van der Waals surface area (Å²) < 4.78 is 28.0. The Hall–Kier alpha value is -3.35. The van der Waals surface area contributed by atoms with Crippen molar-refractivity contribution in [2.75, 3.05) is 35.0 Å². The Bertz CT molecular complexity index is 930. The number of hydrogen-bond donors (Lipinski definition) is 1. The summed E-state index contributed by atoms with van der Waals surface area (Å²) >= 11 is 0. The maximum atomic E-state index is 10.8. The zero-order valence-electron chi connectivity index (χ0n) is 18.9. The van der Waals surface area contributed by atoms with Crippen LogP contribution in [0.5, 0.6) is 28.7 Å². The van der Waals surface area contributed by atoms with Gasteiger partial charge in [0.25, 0.3) is 0 Å². The van der Waals surface area contributed by atoms with E-state index in [0.717, 1.165) is 22.3 Å². The SMILES string of the molecule is COc1c(C)c(CC=C(C)COc2ccc(CC(=O)O)cc2)c(OC)c(OC)c1OC. The molecular weight excluding hydrogens is 400 g/mol. The number of carboxylic acid groups (broad SMARTS) is 1. The lowest BCUT2D eigenvalue weighted by molar-refractivity contribution is -0.136. The van der Waals surface area contributed by atoms with Crippen molar-refractivity contribution in [2.45, 2.75) is 26.7 Å². The van der Waals surface area contributed by atoms with Gasteiger partial charge in [0.2, 0.25) is 11.5 Å². The van der Waals surface area contributed by atoms with Crippen LogP contribution in [-0.2, 0) is 17.6 Å². The first-order chi connectivity index (χ1) is 14.9. The number of carboxylic acids is 1. The molecule has 7 nitrogen and oxygen atoms in total. The average molecular weight is 430 g/mol. The van der Waals surface area contributed by atoms with Gasteiger partial charge in [0, 0.05) is 11.1 Å². The summed E-state index contributed by atoms with van der Waals surface area (Å²) in [7, 11) is 6.32. The van der Waals surface area contributed by atoms with Crippen LogP contribution >= 0.6 is 0 Å². The van der Waals surface area contributed by atoms with Crippen LogP contribution in [0.4, 0.5) is 0 Å². The van der Waals surface area contributed by atoms with Gasteiger partial charge in [0.15, 0.2) is 11.5 Å². The van der Waals surface area contributed by atoms with Gasteiger partial charge in [-0.3, -0.25) is 4.79 Å². The van der Waals surface area contributed by atoms with Crippen molar-refractivity contribution in [2.24, 2.45) is 0 Å². The summed E-state index contributed by atoms with van der Waals surface area (Å²) in [6.45, 7) is 4.35. The zero-order chi connectivity index (χ0) is 23.0. The van der Waals surface area contributed by atoms with Crippen LogP contribution in [-0.4, -0.2) is 46.1 Å². The molecule has 2 rings (SSSR count). The molecule has 0 fully saturated rings. The van der Waals surface area contributed by atoms with Gasteiger partial charge in [-0.25, -0.2) is 0 Å². The summed E-state index contributed by atoms with van der Waals surface area (Å²) in [6, 6.07) is 7.06. The van der Waals surface area contributed by atoms with Crippen LogP contribution in [0.25, 0.3) is 0 Å². The highest BCUT2D eigenvalue weighted by atomic mass is 16.5. The second kappa shape index (κ2) is 11.2. The highest BCUT2D eigenvalue weighted by Gasteiger charge is 2.24. The number of ether oxygens (including phenoxy) is 5. The quantitative estimate of drug-likeness (QED) is 0.534. The molecule has 0 atom stereocenters. The van der Waals surface area contributed by atoms with E-state index >= 15 is 0 Å². The van der Waals surface area contributed by atoms with Crippen LogP contribution in [0.2, 0.25) is 0 Å². The molecule has 0 unspecified atom stereocenters. The van der Waals surface area contributed by atoms with Gasteiger partial charge >= 0.3 is 5.97 Å². The minimum atomic E-state index is -0.857. The van der Waals surface area contributed by atoms with Crippen molar-refractivity contribution in [3.63, 3.8) is 0 Å². The molecule has 31 heavy (non-hydrogen) atoms. The van der Waals surface area contributed by atoms with Crippen molar-refractivity contribution in [1.82, 2.24) is 0 Å². The molecule has 7 heteroatoms. The lowest BCUT2D eigenvalue weighted by Gasteiger charge is -2.21. The molecule has 0 aliphatic heterocycles. The molecule has 0 heterocycles. The molecule has 1 N–H and O–H groups in total. The van der Waals surface area contributed by atoms with Crippen molar-refractivity contribution >= 4 is 5.97 Å². The number of aliphatic carboxylic acids is 1.